The Morgan fingerprint density at radius 1 is 1.07 bits per heavy atom. The fourth-order valence-electron chi connectivity index (χ4n) is 4.68. The van der Waals surface area contributed by atoms with E-state index in [-0.39, 0.29) is 6.04 Å². The summed E-state index contributed by atoms with van der Waals surface area (Å²) in [5.41, 5.74) is 2.65. The number of carbonyl (C=O) groups is 1. The van der Waals surface area contributed by atoms with Crippen LogP contribution >= 0.6 is 12.2 Å². The Morgan fingerprint density at radius 3 is 2.55 bits per heavy atom. The Hall–Kier alpha value is -4.42. The number of methoxy groups -OCH3 is 2. The van der Waals surface area contributed by atoms with Gasteiger partial charge in [-0.3, -0.25) is 9.71 Å². The fraction of sp³-hybridized carbons (Fsp3) is 0.179. The number of pyridine rings is 1. The number of carbonyl (C=O) groups excluding carboxylic acids is 1. The molecule has 2 aromatic carbocycles. The molecule has 0 spiro atoms. The van der Waals surface area contributed by atoms with E-state index in [9.17, 15) is 13.2 Å². The van der Waals surface area contributed by atoms with E-state index in [1.807, 2.05) is 35.2 Å². The van der Waals surface area contributed by atoms with Crippen LogP contribution in [0.15, 0.2) is 83.4 Å². The Balaban J connectivity index is 1.61. The van der Waals surface area contributed by atoms with Gasteiger partial charge in [0, 0.05) is 23.5 Å². The molecule has 4 aromatic rings. The lowest BCUT2D eigenvalue weighted by atomic mass is 10.0. The molecule has 40 heavy (non-hydrogen) atoms. The molecule has 0 amide bonds. The lowest BCUT2D eigenvalue weighted by molar-refractivity contribution is 0.0601. The van der Waals surface area contributed by atoms with Gasteiger partial charge in [-0.05, 0) is 54.7 Å². The number of esters is 1. The minimum absolute atomic E-state index is 0.296. The lowest BCUT2D eigenvalue weighted by Gasteiger charge is -2.27. The van der Waals surface area contributed by atoms with Crippen molar-refractivity contribution in [2.45, 2.75) is 12.1 Å². The number of rotatable bonds is 8. The zero-order valence-electron chi connectivity index (χ0n) is 21.8. The van der Waals surface area contributed by atoms with Crippen LogP contribution in [0.4, 0.5) is 11.4 Å². The second kappa shape index (κ2) is 11.0. The summed E-state index contributed by atoms with van der Waals surface area (Å²) in [5.74, 6) is 0.895. The number of benzene rings is 2. The SMILES string of the molecule is COC(=O)c1ccccc1-c1ccc([C@H]2[C@@H](c3ccccn3)NC(=S)N2c2ccc(NS(C)(=O)=O)c(OC)c2)o1. The number of sulfonamides is 1. The van der Waals surface area contributed by atoms with E-state index in [4.69, 9.17) is 26.1 Å². The molecule has 2 aromatic heterocycles. The number of aromatic nitrogens is 1. The first-order chi connectivity index (χ1) is 19.2. The van der Waals surface area contributed by atoms with Crippen LogP contribution in [0.25, 0.3) is 11.3 Å². The van der Waals surface area contributed by atoms with E-state index in [1.165, 1.54) is 14.2 Å². The highest BCUT2D eigenvalue weighted by Gasteiger charge is 2.43. The first-order valence-electron chi connectivity index (χ1n) is 12.1. The number of hydrogen-bond donors (Lipinski definition) is 2. The molecule has 3 heterocycles. The molecule has 1 aliphatic rings. The van der Waals surface area contributed by atoms with E-state index in [0.717, 1.165) is 11.9 Å². The van der Waals surface area contributed by atoms with Crippen LogP contribution in [-0.2, 0) is 14.8 Å². The van der Waals surface area contributed by atoms with Crippen LogP contribution < -0.4 is 19.7 Å². The van der Waals surface area contributed by atoms with Gasteiger partial charge in [0.25, 0.3) is 0 Å². The largest absolute Gasteiger partial charge is 0.494 e. The van der Waals surface area contributed by atoms with Crippen LogP contribution in [0.5, 0.6) is 5.75 Å². The third-order valence-electron chi connectivity index (χ3n) is 6.37. The van der Waals surface area contributed by atoms with E-state index >= 15 is 0 Å². The normalized spacial score (nSPS) is 16.9. The third kappa shape index (κ3) is 5.36. The molecule has 0 saturated carbocycles. The first-order valence-corrected chi connectivity index (χ1v) is 14.4. The minimum atomic E-state index is -3.52. The summed E-state index contributed by atoms with van der Waals surface area (Å²) < 4.78 is 43.0. The van der Waals surface area contributed by atoms with Crippen molar-refractivity contribution >= 4 is 44.7 Å². The molecule has 1 aliphatic heterocycles. The molecule has 12 heteroatoms. The van der Waals surface area contributed by atoms with Crippen LogP contribution in [0.1, 0.15) is 33.9 Å². The van der Waals surface area contributed by atoms with Gasteiger partial charge in [-0.1, -0.05) is 24.3 Å². The van der Waals surface area contributed by atoms with Crippen molar-refractivity contribution in [2.24, 2.45) is 0 Å². The van der Waals surface area contributed by atoms with Gasteiger partial charge in [0.15, 0.2) is 5.11 Å². The second-order valence-corrected chi connectivity index (χ2v) is 11.1. The number of furan rings is 1. The predicted molar refractivity (Wildman–Crippen MR) is 155 cm³/mol. The van der Waals surface area contributed by atoms with Gasteiger partial charge >= 0.3 is 5.97 Å². The Bertz CT molecular complexity index is 1670. The molecule has 5 rings (SSSR count). The monoisotopic (exact) mass is 578 g/mol. The summed E-state index contributed by atoms with van der Waals surface area (Å²) >= 11 is 5.78. The summed E-state index contributed by atoms with van der Waals surface area (Å²) in [6.45, 7) is 0. The van der Waals surface area contributed by atoms with E-state index in [0.29, 0.717) is 44.9 Å². The van der Waals surface area contributed by atoms with Crippen molar-refractivity contribution in [1.29, 1.82) is 0 Å². The smallest absolute Gasteiger partial charge is 0.338 e. The van der Waals surface area contributed by atoms with Crippen molar-refractivity contribution in [3.8, 4) is 17.1 Å². The van der Waals surface area contributed by atoms with E-state index in [2.05, 4.69) is 15.0 Å². The average Bonchev–Trinajstić information content (AvgIpc) is 3.57. The standard InChI is InChI=1S/C28H26N4O6S2/c1-36-24-16-17(11-12-20(24)31-40(3,34)35)32-26(25(30-28(32)39)21-10-6-7-15-29-21)23-14-13-22(38-23)18-8-4-5-9-19(18)27(33)37-2/h4-16,25-26,31H,1-3H3,(H,30,39)/t25-,26+/m1/s1. The quantitative estimate of drug-likeness (QED) is 0.225. The molecule has 10 nitrogen and oxygen atoms in total. The van der Waals surface area contributed by atoms with Crippen molar-refractivity contribution < 1.29 is 27.1 Å². The molecule has 2 atom stereocenters. The number of ether oxygens (including phenoxy) is 2. The summed E-state index contributed by atoms with van der Waals surface area (Å²) in [6, 6.07) is 20.5. The molecule has 1 fully saturated rings. The molecule has 0 bridgehead atoms. The minimum Gasteiger partial charge on any atom is -0.494 e. The average molecular weight is 579 g/mol. The summed E-state index contributed by atoms with van der Waals surface area (Å²) in [4.78, 5) is 18.8. The second-order valence-electron chi connectivity index (χ2n) is 8.99. The number of hydrogen-bond acceptors (Lipinski definition) is 8. The lowest BCUT2D eigenvalue weighted by Crippen LogP contribution is -2.29. The summed E-state index contributed by atoms with van der Waals surface area (Å²) in [7, 11) is -0.735. The molecule has 0 aliphatic carbocycles. The fourth-order valence-corrected chi connectivity index (χ4v) is 5.59. The maximum absolute atomic E-state index is 12.4. The number of thiocarbonyl (C=S) groups is 1. The maximum Gasteiger partial charge on any atom is 0.338 e. The third-order valence-corrected chi connectivity index (χ3v) is 7.28. The van der Waals surface area contributed by atoms with Gasteiger partial charge in [0.1, 0.15) is 23.3 Å². The van der Waals surface area contributed by atoms with Gasteiger partial charge in [-0.2, -0.15) is 0 Å². The number of anilines is 2. The summed E-state index contributed by atoms with van der Waals surface area (Å²) in [5, 5.41) is 3.77. The Labute approximate surface area is 237 Å². The Morgan fingerprint density at radius 2 is 1.85 bits per heavy atom. The molecule has 0 radical (unpaired) electrons. The molecule has 206 valence electrons. The van der Waals surface area contributed by atoms with Crippen molar-refractivity contribution in [1.82, 2.24) is 10.3 Å². The van der Waals surface area contributed by atoms with E-state index < -0.39 is 22.0 Å². The zero-order valence-corrected chi connectivity index (χ0v) is 23.5. The van der Waals surface area contributed by atoms with Gasteiger partial charge < -0.3 is 24.1 Å². The molecule has 0 unspecified atom stereocenters. The molecular weight excluding hydrogens is 552 g/mol. The van der Waals surface area contributed by atoms with E-state index in [1.54, 1.807) is 48.7 Å². The number of nitrogens with one attached hydrogen (secondary N) is 2. The van der Waals surface area contributed by atoms with Gasteiger partial charge in [0.2, 0.25) is 10.0 Å². The van der Waals surface area contributed by atoms with Crippen molar-refractivity contribution in [3.05, 3.63) is 96.0 Å². The highest BCUT2D eigenvalue weighted by atomic mass is 32.2. The van der Waals surface area contributed by atoms with Crippen LogP contribution in [0, 0.1) is 0 Å². The van der Waals surface area contributed by atoms with Crippen molar-refractivity contribution in [2.75, 3.05) is 30.1 Å². The number of nitrogens with zero attached hydrogens (tertiary/aromatic N) is 2. The summed E-state index contributed by atoms with van der Waals surface area (Å²) in [6.07, 6.45) is 2.77. The van der Waals surface area contributed by atoms with Gasteiger partial charge in [0.05, 0.1) is 43.5 Å². The predicted octanol–water partition coefficient (Wildman–Crippen LogP) is 4.69. The molecule has 2 N–H and O–H groups in total. The highest BCUT2D eigenvalue weighted by molar-refractivity contribution is 7.92. The maximum atomic E-state index is 12.4. The highest BCUT2D eigenvalue weighted by Crippen LogP contribution is 2.44. The Kier molecular flexibility index (Phi) is 7.46. The van der Waals surface area contributed by atoms with Crippen LogP contribution in [0.2, 0.25) is 0 Å². The topological polar surface area (TPSA) is 123 Å². The molecule has 1 saturated heterocycles. The first kappa shape index (κ1) is 27.2. The van der Waals surface area contributed by atoms with Crippen molar-refractivity contribution in [3.63, 3.8) is 0 Å². The van der Waals surface area contributed by atoms with Gasteiger partial charge in [-0.15, -0.1) is 0 Å². The molecular formula is C28H26N4O6S2. The van der Waals surface area contributed by atoms with Crippen LogP contribution in [0.3, 0.4) is 0 Å². The van der Waals surface area contributed by atoms with Crippen LogP contribution in [-0.4, -0.2) is 45.0 Å². The zero-order chi connectivity index (χ0) is 28.4. The van der Waals surface area contributed by atoms with Gasteiger partial charge in [-0.25, -0.2) is 13.2 Å².